The summed E-state index contributed by atoms with van der Waals surface area (Å²) in [5.41, 5.74) is -0.280. The second-order valence-electron chi connectivity index (χ2n) is 5.76. The molecule has 0 fully saturated rings. The van der Waals surface area contributed by atoms with Crippen LogP contribution >= 0.6 is 34.6 Å². The molecule has 0 saturated heterocycles. The topological polar surface area (TPSA) is 47.9 Å². The molecule has 0 unspecified atom stereocenters. The third kappa shape index (κ3) is 6.74. The molecule has 0 saturated carbocycles. The van der Waals surface area contributed by atoms with Crippen LogP contribution in [-0.2, 0) is 8.99 Å². The zero-order valence-electron chi connectivity index (χ0n) is 14.4. The predicted octanol–water partition coefficient (Wildman–Crippen LogP) is 4.94. The van der Waals surface area contributed by atoms with Gasteiger partial charge in [0, 0.05) is 17.5 Å². The first-order valence-electron chi connectivity index (χ1n) is 8.29. The zero-order chi connectivity index (χ0) is 19.7. The number of hydrogen-bond acceptors (Lipinski definition) is 4. The highest BCUT2D eigenvalue weighted by Crippen LogP contribution is 2.37. The number of alkyl halides is 3. The molecular formula is C19H20ClF2IO4. The molecule has 27 heavy (non-hydrogen) atoms. The van der Waals surface area contributed by atoms with E-state index in [0.717, 1.165) is 6.42 Å². The second-order valence-corrected chi connectivity index (χ2v) is 6.69. The number of aliphatic hydroxyl groups excluding tert-OH is 1. The van der Waals surface area contributed by atoms with Gasteiger partial charge in [-0.3, -0.25) is 0 Å². The first kappa shape index (κ1) is 22.1. The highest BCUT2D eigenvalue weighted by atomic mass is 127. The summed E-state index contributed by atoms with van der Waals surface area (Å²) in [4.78, 5) is 0. The molecule has 0 aliphatic carbocycles. The van der Waals surface area contributed by atoms with Crippen LogP contribution in [0.3, 0.4) is 0 Å². The maximum absolute atomic E-state index is 14.7. The molecule has 0 aromatic heterocycles. The summed E-state index contributed by atoms with van der Waals surface area (Å²) in [7, 11) is 0. The van der Waals surface area contributed by atoms with Crippen LogP contribution in [0.15, 0.2) is 48.5 Å². The monoisotopic (exact) mass is 512 g/mol. The molecule has 0 amide bonds. The van der Waals surface area contributed by atoms with E-state index in [4.69, 9.17) is 24.1 Å². The zero-order valence-corrected chi connectivity index (χ0v) is 17.3. The number of benzene rings is 2. The number of hydrogen-bond donors (Lipinski definition) is 1. The molecule has 0 heterocycles. The Kier molecular flexibility index (Phi) is 9.01. The lowest BCUT2D eigenvalue weighted by molar-refractivity contribution is 0.0427. The molecule has 1 N–H and O–H groups in total. The molecule has 0 radical (unpaired) electrons. The molecule has 4 nitrogen and oxygen atoms in total. The van der Waals surface area contributed by atoms with Gasteiger partial charge in [0.2, 0.25) is 0 Å². The average Bonchev–Trinajstić information content (AvgIpc) is 2.70. The van der Waals surface area contributed by atoms with Gasteiger partial charge >= 0.3 is 0 Å². The Balaban J connectivity index is 2.00. The molecular weight excluding hydrogens is 493 g/mol. The van der Waals surface area contributed by atoms with E-state index in [1.54, 1.807) is 0 Å². The first-order valence-corrected chi connectivity index (χ1v) is 9.71. The minimum absolute atomic E-state index is 0.00463. The fourth-order valence-corrected chi connectivity index (χ4v) is 2.63. The summed E-state index contributed by atoms with van der Waals surface area (Å²) >= 11 is 7.29. The van der Waals surface area contributed by atoms with Gasteiger partial charge in [-0.25, -0.2) is 0 Å². The SMILES string of the molecule is O[C@@H](CCl)COc1ccc(C(F)(F)c2ccc(OCCCOI)cc2)cc1. The van der Waals surface area contributed by atoms with Gasteiger partial charge in [0.1, 0.15) is 47.2 Å². The van der Waals surface area contributed by atoms with Crippen molar-refractivity contribution < 1.29 is 26.4 Å². The van der Waals surface area contributed by atoms with Gasteiger partial charge in [0.05, 0.1) is 19.1 Å². The predicted molar refractivity (Wildman–Crippen MR) is 108 cm³/mol. The van der Waals surface area contributed by atoms with Crippen LogP contribution in [0.5, 0.6) is 11.5 Å². The molecule has 0 spiro atoms. The van der Waals surface area contributed by atoms with Crippen molar-refractivity contribution in [1.29, 1.82) is 0 Å². The average molecular weight is 513 g/mol. The summed E-state index contributed by atoms with van der Waals surface area (Å²) in [6.07, 6.45) is -0.0837. The van der Waals surface area contributed by atoms with E-state index in [1.807, 2.05) is 23.0 Å². The standard InChI is InChI=1S/C19H20ClF2IO4/c20-12-16(24)13-26-18-8-4-15(5-9-18)19(21,22)14-2-6-17(7-3-14)25-10-1-11-27-23/h2-9,16,24H,1,10-13H2/t16-/m0/s1. The van der Waals surface area contributed by atoms with Gasteiger partial charge in [-0.1, -0.05) is 0 Å². The van der Waals surface area contributed by atoms with Crippen LogP contribution in [0.25, 0.3) is 0 Å². The summed E-state index contributed by atoms with van der Waals surface area (Å²) in [5, 5.41) is 9.36. The van der Waals surface area contributed by atoms with Crippen molar-refractivity contribution in [2.75, 3.05) is 25.7 Å². The Hall–Kier alpha value is -1.16. The van der Waals surface area contributed by atoms with Crippen LogP contribution in [0.2, 0.25) is 0 Å². The van der Waals surface area contributed by atoms with Crippen LogP contribution in [0.4, 0.5) is 8.78 Å². The summed E-state index contributed by atoms with van der Waals surface area (Å²) in [6, 6.07) is 11.2. The van der Waals surface area contributed by atoms with Crippen molar-refractivity contribution >= 4 is 34.6 Å². The molecule has 8 heteroatoms. The normalized spacial score (nSPS) is 12.6. The molecule has 2 rings (SSSR count). The van der Waals surface area contributed by atoms with Gasteiger partial charge in [0.25, 0.3) is 5.92 Å². The number of ether oxygens (including phenoxy) is 2. The molecule has 148 valence electrons. The Morgan fingerprint density at radius 2 is 1.44 bits per heavy atom. The fraction of sp³-hybridized carbons (Fsp3) is 0.368. The Bertz CT molecular complexity index is 683. The number of aliphatic hydroxyl groups is 1. The minimum Gasteiger partial charge on any atom is -0.494 e. The van der Waals surface area contributed by atoms with E-state index in [0.29, 0.717) is 24.7 Å². The first-order chi connectivity index (χ1) is 13.0. The van der Waals surface area contributed by atoms with E-state index in [2.05, 4.69) is 0 Å². The molecule has 0 aliphatic rings. The highest BCUT2D eigenvalue weighted by molar-refractivity contribution is 14.1. The largest absolute Gasteiger partial charge is 0.494 e. The van der Waals surface area contributed by atoms with E-state index in [1.165, 1.54) is 48.5 Å². The number of rotatable bonds is 11. The Labute approximate surface area is 176 Å². The lowest BCUT2D eigenvalue weighted by Crippen LogP contribution is -2.19. The molecule has 0 aliphatic heterocycles. The Morgan fingerprint density at radius 3 is 1.93 bits per heavy atom. The van der Waals surface area contributed by atoms with Crippen molar-refractivity contribution in [1.82, 2.24) is 0 Å². The minimum atomic E-state index is -3.15. The number of halogens is 4. The van der Waals surface area contributed by atoms with Gasteiger partial charge in [-0.2, -0.15) is 8.78 Å². The van der Waals surface area contributed by atoms with Gasteiger partial charge in [0.15, 0.2) is 0 Å². The van der Waals surface area contributed by atoms with E-state index < -0.39 is 12.0 Å². The Morgan fingerprint density at radius 1 is 0.926 bits per heavy atom. The quantitative estimate of drug-likeness (QED) is 0.263. The molecule has 1 atom stereocenters. The van der Waals surface area contributed by atoms with Crippen LogP contribution in [0.1, 0.15) is 17.5 Å². The lowest BCUT2D eigenvalue weighted by atomic mass is 10.0. The molecule has 2 aromatic rings. The van der Waals surface area contributed by atoms with Crippen LogP contribution < -0.4 is 9.47 Å². The summed E-state index contributed by atoms with van der Waals surface area (Å²) in [5.74, 6) is -2.19. The van der Waals surface area contributed by atoms with Gasteiger partial charge in [-0.15, -0.1) is 11.6 Å². The van der Waals surface area contributed by atoms with E-state index >= 15 is 0 Å². The lowest BCUT2D eigenvalue weighted by Gasteiger charge is -2.18. The van der Waals surface area contributed by atoms with Gasteiger partial charge in [-0.05, 0) is 48.5 Å². The highest BCUT2D eigenvalue weighted by Gasteiger charge is 2.33. The van der Waals surface area contributed by atoms with E-state index in [9.17, 15) is 13.9 Å². The summed E-state index contributed by atoms with van der Waals surface area (Å²) < 4.78 is 45.1. The van der Waals surface area contributed by atoms with Crippen molar-refractivity contribution in [2.24, 2.45) is 0 Å². The molecule has 2 aromatic carbocycles. The smallest absolute Gasteiger partial charge is 0.298 e. The van der Waals surface area contributed by atoms with Crippen molar-refractivity contribution in [3.05, 3.63) is 59.7 Å². The maximum atomic E-state index is 14.7. The maximum Gasteiger partial charge on any atom is 0.298 e. The summed E-state index contributed by atoms with van der Waals surface area (Å²) in [6.45, 7) is 1.03. The third-order valence-corrected chi connectivity index (χ3v) is 4.49. The van der Waals surface area contributed by atoms with Crippen molar-refractivity contribution in [3.8, 4) is 11.5 Å². The fourth-order valence-electron chi connectivity index (χ4n) is 2.23. The second kappa shape index (κ2) is 11.0. The van der Waals surface area contributed by atoms with Crippen LogP contribution in [-0.4, -0.2) is 36.9 Å². The van der Waals surface area contributed by atoms with Crippen molar-refractivity contribution in [2.45, 2.75) is 18.4 Å². The molecule has 0 bridgehead atoms. The van der Waals surface area contributed by atoms with Crippen LogP contribution in [0, 0.1) is 0 Å². The van der Waals surface area contributed by atoms with E-state index in [-0.39, 0.29) is 23.6 Å². The van der Waals surface area contributed by atoms with Crippen molar-refractivity contribution in [3.63, 3.8) is 0 Å². The van der Waals surface area contributed by atoms with Gasteiger partial charge < -0.3 is 17.6 Å². The third-order valence-electron chi connectivity index (χ3n) is 3.69.